The Morgan fingerprint density at radius 1 is 1.20 bits per heavy atom. The SMILES string of the molecule is CCC(=O)c1ccc(OCC(=O)NCCCn2nc(C)cc2C)cc1. The van der Waals surface area contributed by atoms with E-state index < -0.39 is 0 Å². The summed E-state index contributed by atoms with van der Waals surface area (Å²) < 4.78 is 7.37. The summed E-state index contributed by atoms with van der Waals surface area (Å²) in [4.78, 5) is 23.4. The molecule has 1 heterocycles. The molecule has 0 bridgehead atoms. The summed E-state index contributed by atoms with van der Waals surface area (Å²) in [6.07, 6.45) is 1.28. The van der Waals surface area contributed by atoms with Gasteiger partial charge < -0.3 is 10.1 Å². The molecule has 1 amide bonds. The lowest BCUT2D eigenvalue weighted by molar-refractivity contribution is -0.123. The number of nitrogens with zero attached hydrogens (tertiary/aromatic N) is 2. The maximum atomic E-state index is 11.8. The van der Waals surface area contributed by atoms with Gasteiger partial charge in [0.15, 0.2) is 12.4 Å². The van der Waals surface area contributed by atoms with Crippen LogP contribution in [0.1, 0.15) is 41.5 Å². The van der Waals surface area contributed by atoms with Gasteiger partial charge in [0, 0.05) is 30.8 Å². The number of carbonyl (C=O) groups is 2. The number of nitrogens with one attached hydrogen (secondary N) is 1. The molecule has 2 rings (SSSR count). The zero-order valence-electron chi connectivity index (χ0n) is 15.0. The van der Waals surface area contributed by atoms with Crippen molar-refractivity contribution in [3.8, 4) is 5.75 Å². The van der Waals surface area contributed by atoms with Crippen LogP contribution in [-0.4, -0.2) is 34.6 Å². The molecule has 134 valence electrons. The summed E-state index contributed by atoms with van der Waals surface area (Å²) in [5, 5.41) is 7.21. The lowest BCUT2D eigenvalue weighted by Gasteiger charge is -2.08. The number of hydrogen-bond donors (Lipinski definition) is 1. The maximum absolute atomic E-state index is 11.8. The van der Waals surface area contributed by atoms with E-state index in [2.05, 4.69) is 10.4 Å². The maximum Gasteiger partial charge on any atom is 0.257 e. The fourth-order valence-corrected chi connectivity index (χ4v) is 2.50. The fourth-order valence-electron chi connectivity index (χ4n) is 2.50. The number of Topliss-reactive ketones (excluding diaryl/α,β-unsaturated/α-hetero) is 1. The molecule has 0 saturated carbocycles. The van der Waals surface area contributed by atoms with Gasteiger partial charge >= 0.3 is 0 Å². The van der Waals surface area contributed by atoms with Gasteiger partial charge in [0.2, 0.25) is 0 Å². The Kier molecular flexibility index (Phi) is 6.74. The molecule has 0 aliphatic heterocycles. The van der Waals surface area contributed by atoms with Gasteiger partial charge in [-0.2, -0.15) is 5.10 Å². The van der Waals surface area contributed by atoms with Gasteiger partial charge in [0.05, 0.1) is 5.69 Å². The topological polar surface area (TPSA) is 73.2 Å². The van der Waals surface area contributed by atoms with Gasteiger partial charge in [-0.15, -0.1) is 0 Å². The van der Waals surface area contributed by atoms with Crippen molar-refractivity contribution in [2.75, 3.05) is 13.2 Å². The van der Waals surface area contributed by atoms with Gasteiger partial charge in [0.25, 0.3) is 5.91 Å². The van der Waals surface area contributed by atoms with E-state index in [1.54, 1.807) is 24.3 Å². The number of aryl methyl sites for hydroxylation is 3. The minimum atomic E-state index is -0.165. The smallest absolute Gasteiger partial charge is 0.257 e. The summed E-state index contributed by atoms with van der Waals surface area (Å²) in [5.41, 5.74) is 2.78. The molecule has 0 aliphatic carbocycles. The molecule has 0 saturated heterocycles. The highest BCUT2D eigenvalue weighted by molar-refractivity contribution is 5.95. The molecular formula is C19H25N3O3. The predicted octanol–water partition coefficient (Wildman–Crippen LogP) is 2.68. The molecule has 1 N–H and O–H groups in total. The molecule has 6 heteroatoms. The highest BCUT2D eigenvalue weighted by Crippen LogP contribution is 2.13. The van der Waals surface area contributed by atoms with E-state index in [1.165, 1.54) is 0 Å². The van der Waals surface area contributed by atoms with Crippen LogP contribution in [0, 0.1) is 13.8 Å². The molecule has 6 nitrogen and oxygen atoms in total. The second kappa shape index (κ2) is 9.01. The van der Waals surface area contributed by atoms with Gasteiger partial charge in [-0.1, -0.05) is 6.92 Å². The Morgan fingerprint density at radius 3 is 2.52 bits per heavy atom. The molecule has 25 heavy (non-hydrogen) atoms. The van der Waals surface area contributed by atoms with E-state index in [0.29, 0.717) is 24.3 Å². The van der Waals surface area contributed by atoms with Crippen LogP contribution in [-0.2, 0) is 11.3 Å². The van der Waals surface area contributed by atoms with Crippen molar-refractivity contribution < 1.29 is 14.3 Å². The highest BCUT2D eigenvalue weighted by atomic mass is 16.5. The number of ether oxygens (including phenoxy) is 1. The third kappa shape index (κ3) is 5.74. The van der Waals surface area contributed by atoms with E-state index in [-0.39, 0.29) is 18.3 Å². The van der Waals surface area contributed by atoms with Crippen LogP contribution in [0.15, 0.2) is 30.3 Å². The predicted molar refractivity (Wildman–Crippen MR) is 95.9 cm³/mol. The van der Waals surface area contributed by atoms with Crippen LogP contribution >= 0.6 is 0 Å². The molecule has 0 fully saturated rings. The number of hydrogen-bond acceptors (Lipinski definition) is 4. The van der Waals surface area contributed by atoms with Crippen LogP contribution in [0.4, 0.5) is 0 Å². The number of aromatic nitrogens is 2. The molecule has 0 spiro atoms. The zero-order chi connectivity index (χ0) is 18.2. The molecule has 0 aliphatic rings. The number of rotatable bonds is 9. The number of ketones is 1. The molecular weight excluding hydrogens is 318 g/mol. The fraction of sp³-hybridized carbons (Fsp3) is 0.421. The van der Waals surface area contributed by atoms with Crippen LogP contribution in [0.3, 0.4) is 0 Å². The van der Waals surface area contributed by atoms with E-state index in [1.807, 2.05) is 31.5 Å². The molecule has 0 atom stereocenters. The summed E-state index contributed by atoms with van der Waals surface area (Å²) in [7, 11) is 0. The van der Waals surface area contributed by atoms with E-state index >= 15 is 0 Å². The van der Waals surface area contributed by atoms with Crippen molar-refractivity contribution >= 4 is 11.7 Å². The van der Waals surface area contributed by atoms with Crippen molar-refractivity contribution in [3.05, 3.63) is 47.3 Å². The number of benzene rings is 1. The zero-order valence-corrected chi connectivity index (χ0v) is 15.0. The molecule has 0 unspecified atom stereocenters. The first-order valence-electron chi connectivity index (χ1n) is 8.53. The lowest BCUT2D eigenvalue weighted by atomic mass is 10.1. The normalized spacial score (nSPS) is 10.5. The largest absolute Gasteiger partial charge is 0.484 e. The van der Waals surface area contributed by atoms with E-state index in [4.69, 9.17) is 4.74 Å². The van der Waals surface area contributed by atoms with Crippen molar-refractivity contribution in [2.24, 2.45) is 0 Å². The van der Waals surface area contributed by atoms with Gasteiger partial charge in [-0.05, 0) is 50.6 Å². The van der Waals surface area contributed by atoms with Crippen molar-refractivity contribution in [2.45, 2.75) is 40.2 Å². The Labute approximate surface area is 148 Å². The first kappa shape index (κ1) is 18.7. The summed E-state index contributed by atoms with van der Waals surface area (Å²) in [6.45, 7) is 7.12. The molecule has 1 aromatic carbocycles. The highest BCUT2D eigenvalue weighted by Gasteiger charge is 2.06. The quantitative estimate of drug-likeness (QED) is 0.561. The second-order valence-corrected chi connectivity index (χ2v) is 5.94. The van der Waals surface area contributed by atoms with Gasteiger partial charge in [-0.25, -0.2) is 0 Å². The third-order valence-corrected chi connectivity index (χ3v) is 3.84. The average Bonchev–Trinajstić information content (AvgIpc) is 2.94. The Morgan fingerprint density at radius 2 is 1.92 bits per heavy atom. The Bertz CT molecular complexity index is 720. The van der Waals surface area contributed by atoms with Crippen molar-refractivity contribution in [1.29, 1.82) is 0 Å². The summed E-state index contributed by atoms with van der Waals surface area (Å²) in [6, 6.07) is 8.88. The second-order valence-electron chi connectivity index (χ2n) is 5.94. The number of amides is 1. The monoisotopic (exact) mass is 343 g/mol. The van der Waals surface area contributed by atoms with Gasteiger partial charge in [-0.3, -0.25) is 14.3 Å². The van der Waals surface area contributed by atoms with E-state index in [0.717, 1.165) is 24.4 Å². The average molecular weight is 343 g/mol. The van der Waals surface area contributed by atoms with Crippen LogP contribution in [0.2, 0.25) is 0 Å². The van der Waals surface area contributed by atoms with Crippen LogP contribution in [0.5, 0.6) is 5.75 Å². The van der Waals surface area contributed by atoms with Crippen molar-refractivity contribution in [3.63, 3.8) is 0 Å². The Hall–Kier alpha value is -2.63. The van der Waals surface area contributed by atoms with Crippen molar-refractivity contribution in [1.82, 2.24) is 15.1 Å². The van der Waals surface area contributed by atoms with Crippen LogP contribution in [0.25, 0.3) is 0 Å². The molecule has 1 aromatic heterocycles. The standard InChI is InChI=1S/C19H25N3O3/c1-4-18(23)16-6-8-17(9-7-16)25-13-19(24)20-10-5-11-22-15(3)12-14(2)21-22/h6-9,12H,4-5,10-11,13H2,1-3H3,(H,20,24). The molecule has 2 aromatic rings. The summed E-state index contributed by atoms with van der Waals surface area (Å²) in [5.74, 6) is 0.499. The van der Waals surface area contributed by atoms with E-state index in [9.17, 15) is 9.59 Å². The molecule has 0 radical (unpaired) electrons. The third-order valence-electron chi connectivity index (χ3n) is 3.84. The minimum Gasteiger partial charge on any atom is -0.484 e. The first-order valence-corrected chi connectivity index (χ1v) is 8.53. The Balaban J connectivity index is 1.67. The van der Waals surface area contributed by atoms with Crippen LogP contribution < -0.4 is 10.1 Å². The lowest BCUT2D eigenvalue weighted by Crippen LogP contribution is -2.30. The summed E-state index contributed by atoms with van der Waals surface area (Å²) >= 11 is 0. The van der Waals surface area contributed by atoms with Gasteiger partial charge in [0.1, 0.15) is 5.75 Å². The minimum absolute atomic E-state index is 0.0407. The first-order chi connectivity index (χ1) is 12.0. The number of carbonyl (C=O) groups excluding carboxylic acids is 2.